The highest BCUT2D eigenvalue weighted by molar-refractivity contribution is 7.10. The highest BCUT2D eigenvalue weighted by atomic mass is 32.1. The number of carbonyl (C=O) groups is 1. The van der Waals surface area contributed by atoms with E-state index >= 15 is 0 Å². The summed E-state index contributed by atoms with van der Waals surface area (Å²) in [5.74, 6) is 1.59. The van der Waals surface area contributed by atoms with Crippen molar-refractivity contribution in [2.75, 3.05) is 13.1 Å². The van der Waals surface area contributed by atoms with Crippen molar-refractivity contribution in [3.8, 4) is 0 Å². The summed E-state index contributed by atoms with van der Waals surface area (Å²) in [5.41, 5.74) is 8.32. The number of likely N-dealkylation sites (tertiary alicyclic amines) is 1. The van der Waals surface area contributed by atoms with Gasteiger partial charge in [-0.25, -0.2) is 0 Å². The van der Waals surface area contributed by atoms with Crippen LogP contribution in [0.3, 0.4) is 0 Å². The molecule has 3 nitrogen and oxygen atoms in total. The van der Waals surface area contributed by atoms with E-state index in [1.54, 1.807) is 11.3 Å². The van der Waals surface area contributed by atoms with Gasteiger partial charge in [-0.15, -0.1) is 11.3 Å². The second kappa shape index (κ2) is 6.09. The molecule has 0 saturated carbocycles. The summed E-state index contributed by atoms with van der Waals surface area (Å²) in [5, 5.41) is 2.10. The van der Waals surface area contributed by atoms with Crippen LogP contribution in [0.4, 0.5) is 0 Å². The van der Waals surface area contributed by atoms with Crippen LogP contribution < -0.4 is 5.73 Å². The van der Waals surface area contributed by atoms with E-state index in [-0.39, 0.29) is 11.9 Å². The molecule has 1 aromatic heterocycles. The van der Waals surface area contributed by atoms with Crippen molar-refractivity contribution in [2.45, 2.75) is 52.0 Å². The Hall–Kier alpha value is -0.870. The average molecular weight is 306 g/mol. The summed E-state index contributed by atoms with van der Waals surface area (Å²) < 4.78 is 0. The van der Waals surface area contributed by atoms with Gasteiger partial charge in [0, 0.05) is 29.4 Å². The van der Waals surface area contributed by atoms with Crippen LogP contribution in [0.1, 0.15) is 53.9 Å². The maximum atomic E-state index is 12.8. The number of hydrogen-bond donors (Lipinski definition) is 1. The van der Waals surface area contributed by atoms with Gasteiger partial charge in [-0.2, -0.15) is 0 Å². The molecule has 1 amide bonds. The molecule has 0 radical (unpaired) electrons. The van der Waals surface area contributed by atoms with Crippen molar-refractivity contribution in [3.63, 3.8) is 0 Å². The fraction of sp³-hybridized carbons (Fsp3) is 0.706. The predicted octanol–water partition coefficient (Wildman–Crippen LogP) is 3.07. The van der Waals surface area contributed by atoms with E-state index in [1.165, 1.54) is 16.9 Å². The molecule has 3 rings (SSSR count). The zero-order chi connectivity index (χ0) is 15.0. The molecule has 0 bridgehead atoms. The first-order chi connectivity index (χ1) is 10.1. The van der Waals surface area contributed by atoms with Gasteiger partial charge in [0.25, 0.3) is 5.91 Å². The van der Waals surface area contributed by atoms with Crippen molar-refractivity contribution in [2.24, 2.45) is 17.6 Å². The number of piperidine rings is 1. The Morgan fingerprint density at radius 1 is 1.38 bits per heavy atom. The zero-order valence-corrected chi connectivity index (χ0v) is 13.9. The lowest BCUT2D eigenvalue weighted by atomic mass is 9.87. The van der Waals surface area contributed by atoms with Gasteiger partial charge in [0.05, 0.1) is 5.56 Å². The van der Waals surface area contributed by atoms with Crippen molar-refractivity contribution in [1.29, 1.82) is 0 Å². The lowest BCUT2D eigenvalue weighted by molar-refractivity contribution is 0.0680. The third kappa shape index (κ3) is 3.02. The monoisotopic (exact) mass is 306 g/mol. The van der Waals surface area contributed by atoms with Crippen molar-refractivity contribution in [1.82, 2.24) is 4.90 Å². The largest absolute Gasteiger partial charge is 0.339 e. The molecule has 21 heavy (non-hydrogen) atoms. The van der Waals surface area contributed by atoms with Gasteiger partial charge in [-0.1, -0.05) is 6.92 Å². The Labute approximate surface area is 131 Å². The standard InChI is InChI=1S/C17H26N2OS/c1-11-3-4-14-15(10-21-16(14)9-11)17(20)19-7-5-13(6-8-19)12(2)18/h10-13H,3-9,18H2,1-2H3. The highest BCUT2D eigenvalue weighted by Gasteiger charge is 2.29. The molecule has 1 saturated heterocycles. The van der Waals surface area contributed by atoms with Crippen molar-refractivity contribution >= 4 is 17.2 Å². The van der Waals surface area contributed by atoms with Gasteiger partial charge in [0.15, 0.2) is 0 Å². The Bertz CT molecular complexity index is 515. The first-order valence-electron chi connectivity index (χ1n) is 8.20. The Morgan fingerprint density at radius 3 is 2.76 bits per heavy atom. The van der Waals surface area contributed by atoms with Crippen LogP contribution in [0.2, 0.25) is 0 Å². The summed E-state index contributed by atoms with van der Waals surface area (Å²) in [7, 11) is 0. The highest BCUT2D eigenvalue weighted by Crippen LogP contribution is 2.34. The summed E-state index contributed by atoms with van der Waals surface area (Å²) in [6, 6.07) is 0.248. The van der Waals surface area contributed by atoms with Gasteiger partial charge in [0.2, 0.25) is 0 Å². The second-order valence-electron chi connectivity index (χ2n) is 6.89. The maximum absolute atomic E-state index is 12.8. The Balaban J connectivity index is 1.69. The molecule has 0 spiro atoms. The van der Waals surface area contributed by atoms with Crippen LogP contribution in [-0.2, 0) is 12.8 Å². The van der Waals surface area contributed by atoms with E-state index < -0.39 is 0 Å². The first kappa shape index (κ1) is 15.0. The number of nitrogens with two attached hydrogens (primary N) is 1. The molecule has 2 unspecified atom stereocenters. The molecule has 2 atom stereocenters. The van der Waals surface area contributed by atoms with E-state index in [2.05, 4.69) is 19.2 Å². The zero-order valence-electron chi connectivity index (χ0n) is 13.1. The average Bonchev–Trinajstić information content (AvgIpc) is 2.89. The van der Waals surface area contributed by atoms with E-state index in [1.807, 2.05) is 4.90 Å². The Kier molecular flexibility index (Phi) is 4.36. The number of nitrogens with zero attached hydrogens (tertiary/aromatic N) is 1. The maximum Gasteiger partial charge on any atom is 0.254 e. The summed E-state index contributed by atoms with van der Waals surface area (Å²) in [4.78, 5) is 16.3. The van der Waals surface area contributed by atoms with E-state index in [4.69, 9.17) is 5.73 Å². The molecule has 2 heterocycles. The number of thiophene rings is 1. The van der Waals surface area contributed by atoms with Gasteiger partial charge in [-0.05, 0) is 56.4 Å². The molecule has 4 heteroatoms. The predicted molar refractivity (Wildman–Crippen MR) is 87.8 cm³/mol. The third-order valence-electron chi connectivity index (χ3n) is 5.20. The van der Waals surface area contributed by atoms with Crippen molar-refractivity contribution in [3.05, 3.63) is 21.4 Å². The normalized spacial score (nSPS) is 24.7. The minimum absolute atomic E-state index is 0.248. The van der Waals surface area contributed by atoms with Gasteiger partial charge < -0.3 is 10.6 Å². The smallest absolute Gasteiger partial charge is 0.254 e. The van der Waals surface area contributed by atoms with Crippen LogP contribution in [0.5, 0.6) is 0 Å². The van der Waals surface area contributed by atoms with Gasteiger partial charge >= 0.3 is 0 Å². The summed E-state index contributed by atoms with van der Waals surface area (Å²) >= 11 is 1.79. The van der Waals surface area contributed by atoms with Crippen LogP contribution in [0, 0.1) is 11.8 Å². The summed E-state index contributed by atoms with van der Waals surface area (Å²) in [6.07, 6.45) is 5.55. The fourth-order valence-electron chi connectivity index (χ4n) is 3.66. The van der Waals surface area contributed by atoms with Gasteiger partial charge in [0.1, 0.15) is 0 Å². The minimum atomic E-state index is 0.248. The van der Waals surface area contributed by atoms with Crippen LogP contribution in [0.25, 0.3) is 0 Å². The van der Waals surface area contributed by atoms with Crippen LogP contribution in [0.15, 0.2) is 5.38 Å². The van der Waals surface area contributed by atoms with Crippen LogP contribution in [-0.4, -0.2) is 29.9 Å². The number of carbonyl (C=O) groups excluding carboxylic acids is 1. The molecule has 2 N–H and O–H groups in total. The molecule has 2 aliphatic rings. The number of rotatable bonds is 2. The summed E-state index contributed by atoms with van der Waals surface area (Å²) in [6.45, 7) is 6.12. The molecular weight excluding hydrogens is 280 g/mol. The molecular formula is C17H26N2OS. The topological polar surface area (TPSA) is 46.3 Å². The lowest BCUT2D eigenvalue weighted by Crippen LogP contribution is -2.42. The molecule has 1 aliphatic heterocycles. The van der Waals surface area contributed by atoms with Crippen LogP contribution >= 0.6 is 11.3 Å². The Morgan fingerprint density at radius 2 is 2.10 bits per heavy atom. The number of hydrogen-bond acceptors (Lipinski definition) is 3. The fourth-order valence-corrected chi connectivity index (χ4v) is 4.89. The second-order valence-corrected chi connectivity index (χ2v) is 7.85. The quantitative estimate of drug-likeness (QED) is 0.912. The molecule has 1 fully saturated rings. The minimum Gasteiger partial charge on any atom is -0.339 e. The SMILES string of the molecule is CC1CCc2c(C(=O)N3CCC(C(C)N)CC3)csc2C1. The first-order valence-corrected chi connectivity index (χ1v) is 9.08. The molecule has 1 aliphatic carbocycles. The van der Waals surface area contributed by atoms with E-state index in [9.17, 15) is 4.79 Å². The van der Waals surface area contributed by atoms with E-state index in [0.29, 0.717) is 5.92 Å². The third-order valence-corrected chi connectivity index (χ3v) is 6.25. The number of amides is 1. The van der Waals surface area contributed by atoms with E-state index in [0.717, 1.165) is 50.3 Å². The lowest BCUT2D eigenvalue weighted by Gasteiger charge is -2.34. The molecule has 116 valence electrons. The molecule has 0 aromatic carbocycles. The molecule has 1 aromatic rings. The van der Waals surface area contributed by atoms with Crippen molar-refractivity contribution < 1.29 is 4.79 Å². The van der Waals surface area contributed by atoms with Gasteiger partial charge in [-0.3, -0.25) is 4.79 Å². The number of fused-ring (bicyclic) bond motifs is 1.